The summed E-state index contributed by atoms with van der Waals surface area (Å²) in [6, 6.07) is 7.18. The van der Waals surface area contributed by atoms with Crippen molar-refractivity contribution in [1.29, 1.82) is 0 Å². The quantitative estimate of drug-likeness (QED) is 0.684. The fourth-order valence-corrected chi connectivity index (χ4v) is 2.67. The number of carbonyl (C=O) groups is 1. The van der Waals surface area contributed by atoms with Crippen LogP contribution in [0, 0.1) is 24.4 Å². The number of carbonyl (C=O) groups excluding carboxylic acids is 1. The van der Waals surface area contributed by atoms with Crippen LogP contribution < -0.4 is 5.32 Å². The van der Waals surface area contributed by atoms with Crippen LogP contribution in [0.2, 0.25) is 0 Å². The molecule has 0 radical (unpaired) electrons. The van der Waals surface area contributed by atoms with E-state index in [1.165, 1.54) is 12.1 Å². The van der Waals surface area contributed by atoms with Crippen LogP contribution in [0.3, 0.4) is 0 Å². The first-order chi connectivity index (χ1) is 13.3. The van der Waals surface area contributed by atoms with Gasteiger partial charge in [0, 0.05) is 30.0 Å². The molecule has 1 heterocycles. The molecule has 1 unspecified atom stereocenters. The lowest BCUT2D eigenvalue weighted by Gasteiger charge is -2.14. The summed E-state index contributed by atoms with van der Waals surface area (Å²) in [5.74, 6) is -1.66. The molecule has 0 fully saturated rings. The number of halogens is 3. The van der Waals surface area contributed by atoms with Gasteiger partial charge in [0.1, 0.15) is 17.5 Å². The number of hydrogen-bond acceptors (Lipinski definition) is 4. The lowest BCUT2D eigenvalue weighted by atomic mass is 10.1. The van der Waals surface area contributed by atoms with Crippen LogP contribution in [-0.2, 0) is 11.2 Å². The molecule has 1 aromatic heterocycles. The molecule has 5 nitrogen and oxygen atoms in total. The van der Waals surface area contributed by atoms with Gasteiger partial charge < -0.3 is 9.84 Å². The molecule has 0 aliphatic carbocycles. The highest BCUT2D eigenvalue weighted by Crippen LogP contribution is 2.20. The first kappa shape index (κ1) is 19.6. The fraction of sp³-hybridized carbons (Fsp3) is 0.250. The smallest absolute Gasteiger partial charge is 0.227 e. The van der Waals surface area contributed by atoms with Gasteiger partial charge in [-0.15, -0.1) is 0 Å². The number of amides is 1. The first-order valence-corrected chi connectivity index (χ1v) is 8.67. The minimum atomic E-state index is -0.723. The molecule has 1 atom stereocenters. The lowest BCUT2D eigenvalue weighted by molar-refractivity contribution is -0.121. The van der Waals surface area contributed by atoms with Crippen molar-refractivity contribution >= 4 is 5.91 Å². The summed E-state index contributed by atoms with van der Waals surface area (Å²) in [6.45, 7) is 3.25. The summed E-state index contributed by atoms with van der Waals surface area (Å²) < 4.78 is 45.5. The van der Waals surface area contributed by atoms with Crippen molar-refractivity contribution < 1.29 is 22.5 Å². The van der Waals surface area contributed by atoms with E-state index >= 15 is 0 Å². The van der Waals surface area contributed by atoms with Crippen LogP contribution in [0.1, 0.15) is 36.4 Å². The SMILES string of the molecule is Cc1ccc(-c2noc(CCC(=O)NC(C)c3ccc(F)cc3F)n2)cc1F. The monoisotopic (exact) mass is 389 g/mol. The summed E-state index contributed by atoms with van der Waals surface area (Å²) >= 11 is 0. The van der Waals surface area contributed by atoms with E-state index in [4.69, 9.17) is 4.52 Å². The number of aryl methyl sites for hydroxylation is 2. The van der Waals surface area contributed by atoms with Gasteiger partial charge in [0.05, 0.1) is 6.04 Å². The lowest BCUT2D eigenvalue weighted by Crippen LogP contribution is -2.27. The largest absolute Gasteiger partial charge is 0.349 e. The van der Waals surface area contributed by atoms with Gasteiger partial charge in [0.25, 0.3) is 0 Å². The molecule has 0 aliphatic heterocycles. The second kappa shape index (κ2) is 8.24. The normalized spacial score (nSPS) is 12.0. The molecular weight excluding hydrogens is 371 g/mol. The van der Waals surface area contributed by atoms with Crippen LogP contribution in [-0.4, -0.2) is 16.0 Å². The van der Waals surface area contributed by atoms with Crippen molar-refractivity contribution in [3.05, 3.63) is 70.9 Å². The van der Waals surface area contributed by atoms with Crippen molar-refractivity contribution in [2.24, 2.45) is 0 Å². The van der Waals surface area contributed by atoms with Crippen LogP contribution >= 0.6 is 0 Å². The van der Waals surface area contributed by atoms with E-state index in [0.29, 0.717) is 11.1 Å². The van der Waals surface area contributed by atoms with Crippen molar-refractivity contribution in [1.82, 2.24) is 15.5 Å². The molecule has 1 amide bonds. The van der Waals surface area contributed by atoms with Crippen LogP contribution in [0.15, 0.2) is 40.9 Å². The summed E-state index contributed by atoms with van der Waals surface area (Å²) in [5, 5.41) is 6.43. The van der Waals surface area contributed by atoms with Gasteiger partial charge >= 0.3 is 0 Å². The number of nitrogens with one attached hydrogen (secondary N) is 1. The Kier molecular flexibility index (Phi) is 5.77. The Morgan fingerprint density at radius 3 is 2.64 bits per heavy atom. The van der Waals surface area contributed by atoms with E-state index in [-0.39, 0.29) is 41.8 Å². The Labute approximate surface area is 159 Å². The summed E-state index contributed by atoms with van der Waals surface area (Å²) in [4.78, 5) is 16.2. The van der Waals surface area contributed by atoms with Gasteiger partial charge in [0.2, 0.25) is 17.6 Å². The van der Waals surface area contributed by atoms with Crippen molar-refractivity contribution in [2.45, 2.75) is 32.7 Å². The maximum absolute atomic E-state index is 13.8. The highest BCUT2D eigenvalue weighted by atomic mass is 19.1. The summed E-state index contributed by atoms with van der Waals surface area (Å²) in [6.07, 6.45) is 0.211. The standard InChI is InChI=1S/C20H18F3N3O2/c1-11-3-4-13(9-16(11)22)20-25-19(28-26-20)8-7-18(27)24-12(2)15-6-5-14(21)10-17(15)23/h3-6,9-10,12H,7-8H2,1-2H3,(H,24,27). The van der Waals surface area contributed by atoms with E-state index in [2.05, 4.69) is 15.5 Å². The molecule has 1 N–H and O–H groups in total. The zero-order valence-electron chi connectivity index (χ0n) is 15.3. The topological polar surface area (TPSA) is 68.0 Å². The van der Waals surface area contributed by atoms with Gasteiger partial charge in [0.15, 0.2) is 0 Å². The molecule has 0 saturated heterocycles. The average Bonchev–Trinajstić information content (AvgIpc) is 3.11. The second-order valence-electron chi connectivity index (χ2n) is 6.43. The minimum Gasteiger partial charge on any atom is -0.349 e. The molecule has 2 aromatic carbocycles. The van der Waals surface area contributed by atoms with Gasteiger partial charge in [-0.25, -0.2) is 13.2 Å². The average molecular weight is 389 g/mol. The third-order valence-corrected chi connectivity index (χ3v) is 4.27. The Morgan fingerprint density at radius 2 is 1.93 bits per heavy atom. The van der Waals surface area contributed by atoms with E-state index < -0.39 is 17.7 Å². The van der Waals surface area contributed by atoms with Gasteiger partial charge in [-0.3, -0.25) is 4.79 Å². The molecular formula is C20H18F3N3O2. The number of rotatable bonds is 6. The minimum absolute atomic E-state index is 0.0387. The maximum atomic E-state index is 13.8. The second-order valence-corrected chi connectivity index (χ2v) is 6.43. The van der Waals surface area contributed by atoms with Crippen LogP contribution in [0.25, 0.3) is 11.4 Å². The molecule has 0 aliphatic rings. The summed E-state index contributed by atoms with van der Waals surface area (Å²) in [7, 11) is 0. The predicted molar refractivity (Wildman–Crippen MR) is 95.7 cm³/mol. The zero-order valence-corrected chi connectivity index (χ0v) is 15.3. The number of benzene rings is 2. The Morgan fingerprint density at radius 1 is 1.14 bits per heavy atom. The molecule has 0 bridgehead atoms. The third kappa shape index (κ3) is 4.57. The Bertz CT molecular complexity index is 1000. The molecule has 28 heavy (non-hydrogen) atoms. The number of nitrogens with zero attached hydrogens (tertiary/aromatic N) is 2. The Hall–Kier alpha value is -3.16. The predicted octanol–water partition coefficient (Wildman–Crippen LogP) is 4.27. The maximum Gasteiger partial charge on any atom is 0.227 e. The van der Waals surface area contributed by atoms with Crippen molar-refractivity contribution in [2.75, 3.05) is 0 Å². The zero-order chi connectivity index (χ0) is 20.3. The number of aromatic nitrogens is 2. The Balaban J connectivity index is 1.57. The third-order valence-electron chi connectivity index (χ3n) is 4.27. The fourth-order valence-electron chi connectivity index (χ4n) is 2.67. The number of hydrogen-bond donors (Lipinski definition) is 1. The first-order valence-electron chi connectivity index (χ1n) is 8.67. The van der Waals surface area contributed by atoms with Crippen molar-refractivity contribution in [3.8, 4) is 11.4 Å². The highest BCUT2D eigenvalue weighted by molar-refractivity contribution is 5.76. The van der Waals surface area contributed by atoms with Crippen molar-refractivity contribution in [3.63, 3.8) is 0 Å². The van der Waals surface area contributed by atoms with Crippen LogP contribution in [0.4, 0.5) is 13.2 Å². The van der Waals surface area contributed by atoms with Gasteiger partial charge in [-0.05, 0) is 31.5 Å². The highest BCUT2D eigenvalue weighted by Gasteiger charge is 2.16. The molecule has 0 spiro atoms. The molecule has 3 aromatic rings. The van der Waals surface area contributed by atoms with Gasteiger partial charge in [-0.1, -0.05) is 23.4 Å². The summed E-state index contributed by atoms with van der Waals surface area (Å²) in [5.41, 5.74) is 1.18. The molecule has 3 rings (SSSR count). The molecule has 0 saturated carbocycles. The van der Waals surface area contributed by atoms with E-state index in [0.717, 1.165) is 12.1 Å². The van der Waals surface area contributed by atoms with E-state index in [9.17, 15) is 18.0 Å². The molecule has 146 valence electrons. The van der Waals surface area contributed by atoms with E-state index in [1.54, 1.807) is 26.0 Å². The van der Waals surface area contributed by atoms with Gasteiger partial charge in [-0.2, -0.15) is 4.98 Å². The van der Waals surface area contributed by atoms with Crippen LogP contribution in [0.5, 0.6) is 0 Å². The van der Waals surface area contributed by atoms with E-state index in [1.807, 2.05) is 0 Å². The molecule has 8 heteroatoms.